The van der Waals surface area contributed by atoms with Gasteiger partial charge in [-0.3, -0.25) is 4.79 Å². The van der Waals surface area contributed by atoms with Crippen LogP contribution in [0.4, 0.5) is 0 Å². The Bertz CT molecular complexity index is 129. The molecule has 2 nitrogen and oxygen atoms in total. The summed E-state index contributed by atoms with van der Waals surface area (Å²) in [5.74, 6) is -0.369. The van der Waals surface area contributed by atoms with Gasteiger partial charge in [0.05, 0.1) is 11.3 Å². The summed E-state index contributed by atoms with van der Waals surface area (Å²) >= 11 is 10.4. The zero-order chi connectivity index (χ0) is 7.02. The lowest BCUT2D eigenvalue weighted by Crippen LogP contribution is -2.01. The first-order valence-corrected chi connectivity index (χ1v) is 3.39. The Balaban J connectivity index is 2.40. The summed E-state index contributed by atoms with van der Waals surface area (Å²) in [5, 5.41) is -0.0729. The highest BCUT2D eigenvalue weighted by Gasteiger charge is 2.51. The van der Waals surface area contributed by atoms with E-state index in [1.54, 1.807) is 0 Å². The zero-order valence-electron chi connectivity index (χ0n) is 4.80. The van der Waals surface area contributed by atoms with Crippen LogP contribution in [-0.4, -0.2) is 11.3 Å². The SMILES string of the molecule is CC1C(Cl)C1C(=O)OCl. The van der Waals surface area contributed by atoms with Gasteiger partial charge in [0.1, 0.15) is 11.9 Å². The first-order chi connectivity index (χ1) is 4.18. The topological polar surface area (TPSA) is 26.3 Å². The van der Waals surface area contributed by atoms with E-state index in [1.165, 1.54) is 0 Å². The average Bonchev–Trinajstić information content (AvgIpc) is 2.40. The molecule has 1 fully saturated rings. The molecular formula is C5H6Cl2O2. The Morgan fingerprint density at radius 3 is 2.22 bits per heavy atom. The maximum absolute atomic E-state index is 10.6. The second kappa shape index (κ2) is 2.35. The van der Waals surface area contributed by atoms with E-state index in [9.17, 15) is 4.79 Å². The summed E-state index contributed by atoms with van der Waals surface area (Å²) in [5.41, 5.74) is 0. The maximum atomic E-state index is 10.6. The van der Waals surface area contributed by atoms with Crippen LogP contribution < -0.4 is 0 Å². The molecule has 0 aliphatic heterocycles. The van der Waals surface area contributed by atoms with E-state index in [-0.39, 0.29) is 17.2 Å². The average molecular weight is 169 g/mol. The number of alkyl halides is 1. The molecular weight excluding hydrogens is 163 g/mol. The third-order valence-corrected chi connectivity index (χ3v) is 2.44. The van der Waals surface area contributed by atoms with Crippen molar-refractivity contribution in [2.75, 3.05) is 0 Å². The van der Waals surface area contributed by atoms with Gasteiger partial charge >= 0.3 is 5.97 Å². The third-order valence-electron chi connectivity index (χ3n) is 1.62. The Labute approximate surface area is 63.2 Å². The summed E-state index contributed by atoms with van der Waals surface area (Å²) in [4.78, 5) is 10.6. The zero-order valence-corrected chi connectivity index (χ0v) is 6.32. The molecule has 0 amide bonds. The monoisotopic (exact) mass is 168 g/mol. The van der Waals surface area contributed by atoms with Crippen molar-refractivity contribution in [3.63, 3.8) is 0 Å². The lowest BCUT2D eigenvalue weighted by atomic mass is 10.3. The van der Waals surface area contributed by atoms with Crippen LogP contribution in [0, 0.1) is 11.8 Å². The van der Waals surface area contributed by atoms with Crippen LogP contribution in [0.2, 0.25) is 0 Å². The number of carbonyl (C=O) groups excluding carboxylic acids is 1. The van der Waals surface area contributed by atoms with E-state index in [0.717, 1.165) is 0 Å². The standard InChI is InChI=1S/C5H6Cl2O2/c1-2-3(4(2)6)5(8)9-7/h2-4H,1H3. The number of hydrogen-bond donors (Lipinski definition) is 0. The number of halogens is 2. The molecule has 3 unspecified atom stereocenters. The second-order valence-corrected chi connectivity index (χ2v) is 2.88. The van der Waals surface area contributed by atoms with Gasteiger partial charge in [-0.1, -0.05) is 6.92 Å². The Kier molecular flexibility index (Phi) is 1.87. The number of carbonyl (C=O) groups is 1. The van der Waals surface area contributed by atoms with Gasteiger partial charge in [-0.15, -0.1) is 11.6 Å². The molecule has 3 atom stereocenters. The predicted molar refractivity (Wildman–Crippen MR) is 34.2 cm³/mol. The molecule has 1 aliphatic rings. The second-order valence-electron chi connectivity index (χ2n) is 2.23. The Morgan fingerprint density at radius 1 is 1.67 bits per heavy atom. The van der Waals surface area contributed by atoms with Gasteiger partial charge < -0.3 is 4.29 Å². The van der Waals surface area contributed by atoms with Gasteiger partial charge in [0.25, 0.3) is 0 Å². The quantitative estimate of drug-likeness (QED) is 0.556. The normalized spacial score (nSPS) is 40.1. The lowest BCUT2D eigenvalue weighted by molar-refractivity contribution is -0.135. The smallest absolute Gasteiger partial charge is 0.329 e. The van der Waals surface area contributed by atoms with E-state index in [4.69, 9.17) is 23.5 Å². The van der Waals surface area contributed by atoms with Crippen LogP contribution in [0.1, 0.15) is 6.92 Å². The molecule has 1 rings (SSSR count). The van der Waals surface area contributed by atoms with Crippen molar-refractivity contribution >= 4 is 29.4 Å². The van der Waals surface area contributed by atoms with Gasteiger partial charge in [-0.25, -0.2) is 0 Å². The van der Waals surface area contributed by atoms with Crippen LogP contribution in [-0.2, 0) is 9.08 Å². The maximum Gasteiger partial charge on any atom is 0.329 e. The molecule has 1 saturated carbocycles. The van der Waals surface area contributed by atoms with Crippen molar-refractivity contribution in [2.24, 2.45) is 11.8 Å². The predicted octanol–water partition coefficient (Wildman–Crippen LogP) is 1.56. The summed E-state index contributed by atoms with van der Waals surface area (Å²) in [6.07, 6.45) is 0. The van der Waals surface area contributed by atoms with Crippen LogP contribution in [0.3, 0.4) is 0 Å². The summed E-state index contributed by atoms with van der Waals surface area (Å²) < 4.78 is 3.96. The minimum atomic E-state index is -0.413. The molecule has 4 heteroatoms. The fourth-order valence-corrected chi connectivity index (χ4v) is 1.32. The van der Waals surface area contributed by atoms with Crippen LogP contribution in [0.5, 0.6) is 0 Å². The molecule has 0 saturated heterocycles. The van der Waals surface area contributed by atoms with Crippen molar-refractivity contribution in [2.45, 2.75) is 12.3 Å². The minimum absolute atomic E-state index is 0.0729. The lowest BCUT2D eigenvalue weighted by Gasteiger charge is -1.87. The summed E-state index contributed by atoms with van der Waals surface area (Å²) in [7, 11) is 0. The van der Waals surface area contributed by atoms with E-state index < -0.39 is 5.97 Å². The van der Waals surface area contributed by atoms with Crippen molar-refractivity contribution < 1.29 is 9.08 Å². The first-order valence-electron chi connectivity index (χ1n) is 2.65. The first kappa shape index (κ1) is 7.16. The molecule has 1 aliphatic carbocycles. The van der Waals surface area contributed by atoms with E-state index >= 15 is 0 Å². The molecule has 0 heterocycles. The molecule has 9 heavy (non-hydrogen) atoms. The van der Waals surface area contributed by atoms with Crippen LogP contribution >= 0.6 is 23.5 Å². The highest BCUT2D eigenvalue weighted by atomic mass is 35.5. The molecule has 0 aromatic heterocycles. The van der Waals surface area contributed by atoms with E-state index in [1.807, 2.05) is 6.92 Å². The van der Waals surface area contributed by atoms with Crippen molar-refractivity contribution in [1.82, 2.24) is 0 Å². The third kappa shape index (κ3) is 1.14. The van der Waals surface area contributed by atoms with Gasteiger partial charge in [0.2, 0.25) is 0 Å². The Hall–Kier alpha value is 0.0500. The fraction of sp³-hybridized carbons (Fsp3) is 0.800. The van der Waals surface area contributed by atoms with Crippen LogP contribution in [0.15, 0.2) is 0 Å². The highest BCUT2D eigenvalue weighted by molar-refractivity contribution is 6.25. The van der Waals surface area contributed by atoms with Crippen molar-refractivity contribution in [1.29, 1.82) is 0 Å². The van der Waals surface area contributed by atoms with Crippen LogP contribution in [0.25, 0.3) is 0 Å². The molecule has 0 spiro atoms. The molecule has 0 radical (unpaired) electrons. The fourth-order valence-electron chi connectivity index (χ4n) is 0.810. The number of rotatable bonds is 1. The largest absolute Gasteiger partial charge is 0.347 e. The molecule has 0 bridgehead atoms. The molecule has 52 valence electrons. The van der Waals surface area contributed by atoms with Gasteiger partial charge in [-0.2, -0.15) is 0 Å². The summed E-state index contributed by atoms with van der Waals surface area (Å²) in [6.45, 7) is 1.89. The molecule has 0 aromatic carbocycles. The van der Waals surface area contributed by atoms with E-state index in [0.29, 0.717) is 0 Å². The van der Waals surface area contributed by atoms with Gasteiger partial charge in [0.15, 0.2) is 0 Å². The van der Waals surface area contributed by atoms with Crippen molar-refractivity contribution in [3.05, 3.63) is 0 Å². The minimum Gasteiger partial charge on any atom is -0.347 e. The molecule has 0 N–H and O–H groups in total. The number of hydrogen-bond acceptors (Lipinski definition) is 2. The van der Waals surface area contributed by atoms with Gasteiger partial charge in [-0.05, 0) is 5.92 Å². The van der Waals surface area contributed by atoms with E-state index in [2.05, 4.69) is 4.29 Å². The van der Waals surface area contributed by atoms with Crippen molar-refractivity contribution in [3.8, 4) is 0 Å². The Morgan fingerprint density at radius 2 is 2.11 bits per heavy atom. The highest BCUT2D eigenvalue weighted by Crippen LogP contribution is 2.44. The molecule has 0 aromatic rings. The van der Waals surface area contributed by atoms with Gasteiger partial charge in [0, 0.05) is 0 Å². The summed E-state index contributed by atoms with van der Waals surface area (Å²) in [6, 6.07) is 0.